The number of imidazole rings is 1. The van der Waals surface area contributed by atoms with Gasteiger partial charge in [0.2, 0.25) is 12.1 Å². The van der Waals surface area contributed by atoms with Crippen LogP contribution in [0, 0.1) is 0 Å². The van der Waals surface area contributed by atoms with Crippen LogP contribution in [-0.4, -0.2) is 20.8 Å². The summed E-state index contributed by atoms with van der Waals surface area (Å²) in [5.74, 6) is 0. The molecule has 98 valence electrons. The summed E-state index contributed by atoms with van der Waals surface area (Å²) in [6, 6.07) is 5.65. The van der Waals surface area contributed by atoms with Crippen molar-refractivity contribution in [3.63, 3.8) is 0 Å². The third-order valence-electron chi connectivity index (χ3n) is 3.67. The Morgan fingerprint density at radius 2 is 2.30 bits per heavy atom. The van der Waals surface area contributed by atoms with Gasteiger partial charge < -0.3 is 10.3 Å². The van der Waals surface area contributed by atoms with Gasteiger partial charge in [-0.1, -0.05) is 12.1 Å². The Kier molecular flexibility index (Phi) is 2.09. The second-order valence-corrected chi connectivity index (χ2v) is 4.67. The number of benzene rings is 1. The third-order valence-corrected chi connectivity index (χ3v) is 3.67. The van der Waals surface area contributed by atoms with Crippen molar-refractivity contribution in [1.82, 2.24) is 14.4 Å². The third kappa shape index (κ3) is 1.30. The van der Waals surface area contributed by atoms with E-state index in [9.17, 15) is 9.59 Å². The first-order valence-corrected chi connectivity index (χ1v) is 6.20. The van der Waals surface area contributed by atoms with E-state index in [-0.39, 0.29) is 5.56 Å². The number of H-pyrrole nitrogens is 1. The van der Waals surface area contributed by atoms with Crippen molar-refractivity contribution >= 4 is 17.7 Å². The lowest BCUT2D eigenvalue weighted by Gasteiger charge is -2.05. The van der Waals surface area contributed by atoms with E-state index in [1.165, 1.54) is 0 Å². The molecule has 1 aliphatic carbocycles. The summed E-state index contributed by atoms with van der Waals surface area (Å²) in [6.45, 7) is 0. The number of nitrogens with zero attached hydrogens (tertiary/aromatic N) is 2. The number of nitrogens with one attached hydrogen (secondary N) is 2. The molecule has 2 N–H and O–H groups in total. The van der Waals surface area contributed by atoms with Gasteiger partial charge >= 0.3 is 0 Å². The maximum absolute atomic E-state index is 12.0. The zero-order chi connectivity index (χ0) is 13.7. The maximum Gasteiger partial charge on any atom is 0.292 e. The molecule has 4 rings (SSSR count). The molecule has 0 bridgehead atoms. The van der Waals surface area contributed by atoms with Crippen molar-refractivity contribution in [2.24, 2.45) is 0 Å². The molecule has 20 heavy (non-hydrogen) atoms. The first-order chi connectivity index (χ1) is 9.79. The van der Waals surface area contributed by atoms with E-state index in [2.05, 4.69) is 15.3 Å². The van der Waals surface area contributed by atoms with Gasteiger partial charge in [-0.25, -0.2) is 4.98 Å². The lowest BCUT2D eigenvalue weighted by molar-refractivity contribution is -0.105. The first-order valence-electron chi connectivity index (χ1n) is 6.20. The molecule has 2 heterocycles. The molecule has 1 aromatic carbocycles. The Balaban J connectivity index is 2.05. The van der Waals surface area contributed by atoms with Gasteiger partial charge in [0.05, 0.1) is 11.4 Å². The zero-order valence-electron chi connectivity index (χ0n) is 10.4. The fourth-order valence-corrected chi connectivity index (χ4v) is 2.83. The van der Waals surface area contributed by atoms with Gasteiger partial charge in [-0.2, -0.15) is 0 Å². The van der Waals surface area contributed by atoms with Crippen LogP contribution >= 0.6 is 0 Å². The number of hydrogen-bond acceptors (Lipinski definition) is 3. The van der Waals surface area contributed by atoms with Crippen molar-refractivity contribution in [2.75, 3.05) is 5.32 Å². The monoisotopic (exact) mass is 266 g/mol. The Hall–Kier alpha value is -2.89. The minimum atomic E-state index is -0.213. The molecule has 6 nitrogen and oxygen atoms in total. The second kappa shape index (κ2) is 3.80. The van der Waals surface area contributed by atoms with Gasteiger partial charge in [-0.3, -0.25) is 14.0 Å². The number of aromatic nitrogens is 3. The van der Waals surface area contributed by atoms with Gasteiger partial charge in [-0.05, 0) is 11.6 Å². The predicted molar refractivity (Wildman–Crippen MR) is 73.7 cm³/mol. The molecule has 0 saturated carbocycles. The van der Waals surface area contributed by atoms with Gasteiger partial charge in [0.25, 0.3) is 5.56 Å². The Morgan fingerprint density at radius 1 is 1.40 bits per heavy atom. The highest BCUT2D eigenvalue weighted by atomic mass is 16.1. The number of rotatable bonds is 2. The van der Waals surface area contributed by atoms with Gasteiger partial charge in [-0.15, -0.1) is 0 Å². The summed E-state index contributed by atoms with van der Waals surface area (Å²) in [6.07, 6.45) is 4.69. The molecule has 6 heteroatoms. The van der Waals surface area contributed by atoms with Crippen molar-refractivity contribution < 1.29 is 4.79 Å². The van der Waals surface area contributed by atoms with E-state index in [1.54, 1.807) is 16.8 Å². The highest BCUT2D eigenvalue weighted by Crippen LogP contribution is 2.38. The Bertz CT molecular complexity index is 907. The number of aromatic amines is 1. The molecule has 2 aromatic heterocycles. The smallest absolute Gasteiger partial charge is 0.292 e. The summed E-state index contributed by atoms with van der Waals surface area (Å²) < 4.78 is 1.80. The number of amides is 1. The summed E-state index contributed by atoms with van der Waals surface area (Å²) in [4.78, 5) is 29.6. The van der Waals surface area contributed by atoms with Crippen molar-refractivity contribution in [1.29, 1.82) is 0 Å². The maximum atomic E-state index is 12.0. The van der Waals surface area contributed by atoms with Crippen LogP contribution in [0.2, 0.25) is 0 Å². The molecule has 0 unspecified atom stereocenters. The van der Waals surface area contributed by atoms with E-state index < -0.39 is 0 Å². The van der Waals surface area contributed by atoms with Gasteiger partial charge in [0.1, 0.15) is 0 Å². The van der Waals surface area contributed by atoms with E-state index in [1.807, 2.05) is 18.2 Å². The normalized spacial score (nSPS) is 12.2. The minimum absolute atomic E-state index is 0.213. The quantitative estimate of drug-likeness (QED) is 0.534. The van der Waals surface area contributed by atoms with Crippen molar-refractivity contribution in [3.8, 4) is 11.3 Å². The van der Waals surface area contributed by atoms with E-state index in [4.69, 9.17) is 0 Å². The molecule has 1 aliphatic rings. The molecule has 0 saturated heterocycles. The van der Waals surface area contributed by atoms with Gasteiger partial charge in [0, 0.05) is 30.1 Å². The molecule has 0 aliphatic heterocycles. The van der Waals surface area contributed by atoms with Crippen LogP contribution in [-0.2, 0) is 11.2 Å². The largest absolute Gasteiger partial charge is 0.328 e. The fourth-order valence-electron chi connectivity index (χ4n) is 2.83. The molecule has 0 spiro atoms. The lowest BCUT2D eigenvalue weighted by atomic mass is 10.1. The van der Waals surface area contributed by atoms with Crippen LogP contribution in [0.5, 0.6) is 0 Å². The molecule has 0 atom stereocenters. The summed E-state index contributed by atoms with van der Waals surface area (Å²) >= 11 is 0. The second-order valence-electron chi connectivity index (χ2n) is 4.67. The van der Waals surface area contributed by atoms with Crippen LogP contribution in [0.1, 0.15) is 11.3 Å². The van der Waals surface area contributed by atoms with Crippen LogP contribution in [0.4, 0.5) is 5.69 Å². The number of carbonyl (C=O) groups excluding carboxylic acids is 1. The average Bonchev–Trinajstić information content (AvgIpc) is 3.04. The minimum Gasteiger partial charge on any atom is -0.328 e. The SMILES string of the molecule is O=CNc1cccc2c1Cc1c-2[nH]c(=O)c2nccn12. The fraction of sp³-hybridized carbons (Fsp3) is 0.0714. The van der Waals surface area contributed by atoms with Gasteiger partial charge in [0.15, 0.2) is 0 Å². The van der Waals surface area contributed by atoms with E-state index in [0.717, 1.165) is 28.2 Å². The molecular weight excluding hydrogens is 256 g/mol. The van der Waals surface area contributed by atoms with Crippen LogP contribution in [0.25, 0.3) is 16.9 Å². The number of anilines is 1. The number of carbonyl (C=O) groups is 1. The van der Waals surface area contributed by atoms with Crippen molar-refractivity contribution in [2.45, 2.75) is 6.42 Å². The number of hydrogen-bond donors (Lipinski definition) is 2. The van der Waals surface area contributed by atoms with E-state index >= 15 is 0 Å². The van der Waals surface area contributed by atoms with Crippen LogP contribution < -0.4 is 10.9 Å². The van der Waals surface area contributed by atoms with Crippen LogP contribution in [0.15, 0.2) is 35.4 Å². The Morgan fingerprint density at radius 3 is 3.15 bits per heavy atom. The predicted octanol–water partition coefficient (Wildman–Crippen LogP) is 1.16. The highest BCUT2D eigenvalue weighted by Gasteiger charge is 2.25. The standard InChI is InChI=1S/C14H10N4O2/c19-7-16-10-3-1-2-8-9(10)6-11-12(8)17-14(20)13-15-4-5-18(11)13/h1-5,7H,6H2,(H,16,19)(H,17,20). The van der Waals surface area contributed by atoms with Crippen molar-refractivity contribution in [3.05, 3.63) is 52.2 Å². The Labute approximate surface area is 113 Å². The molecular formula is C14H10N4O2. The zero-order valence-corrected chi connectivity index (χ0v) is 10.4. The topological polar surface area (TPSA) is 79.3 Å². The first kappa shape index (κ1) is 11.0. The molecule has 0 fully saturated rings. The summed E-state index contributed by atoms with van der Waals surface area (Å²) in [5, 5.41) is 2.70. The average molecular weight is 266 g/mol. The van der Waals surface area contributed by atoms with Crippen LogP contribution in [0.3, 0.4) is 0 Å². The lowest BCUT2D eigenvalue weighted by Crippen LogP contribution is -2.13. The molecule has 1 amide bonds. The molecule has 3 aromatic rings. The van der Waals surface area contributed by atoms with E-state index in [0.29, 0.717) is 18.5 Å². The number of fused-ring (bicyclic) bond motifs is 5. The summed E-state index contributed by atoms with van der Waals surface area (Å²) in [7, 11) is 0. The highest BCUT2D eigenvalue weighted by molar-refractivity contribution is 5.83. The summed E-state index contributed by atoms with van der Waals surface area (Å²) in [5.41, 5.74) is 4.67. The molecule has 0 radical (unpaired) electrons.